The Kier molecular flexibility index (Phi) is 8.38. The van der Waals surface area contributed by atoms with Gasteiger partial charge in [0.05, 0.1) is 0 Å². The van der Waals surface area contributed by atoms with Gasteiger partial charge in [-0.2, -0.15) is 0 Å². The molecule has 0 aliphatic heterocycles. The van der Waals surface area contributed by atoms with E-state index >= 15 is 0 Å². The highest BCUT2D eigenvalue weighted by atomic mass is 79.9. The Morgan fingerprint density at radius 3 is 2.58 bits per heavy atom. The van der Waals surface area contributed by atoms with Crippen molar-refractivity contribution in [2.75, 3.05) is 10.6 Å². The second-order valence-corrected chi connectivity index (χ2v) is 9.10. The molecule has 0 spiro atoms. The van der Waals surface area contributed by atoms with Crippen LogP contribution in [0.15, 0.2) is 71.2 Å². The first kappa shape index (κ1) is 23.2. The summed E-state index contributed by atoms with van der Waals surface area (Å²) in [6.45, 7) is 5.07. The Bertz CT molecular complexity index is 1040. The lowest BCUT2D eigenvalue weighted by Gasteiger charge is -2.14. The van der Waals surface area contributed by atoms with Gasteiger partial charge in [-0.05, 0) is 60.0 Å². The first-order valence-electron chi connectivity index (χ1n) is 10.2. The molecule has 0 aliphatic rings. The van der Waals surface area contributed by atoms with Crippen molar-refractivity contribution in [1.29, 1.82) is 0 Å². The van der Waals surface area contributed by atoms with Crippen LogP contribution in [0, 0.1) is 5.92 Å². The molecule has 0 saturated heterocycles. The zero-order valence-corrected chi connectivity index (χ0v) is 20.0. The summed E-state index contributed by atoms with van der Waals surface area (Å²) in [5.41, 5.74) is 3.73. The van der Waals surface area contributed by atoms with E-state index in [1.165, 1.54) is 0 Å². The van der Waals surface area contributed by atoms with E-state index in [9.17, 15) is 4.79 Å². The molecule has 3 aromatic carbocycles. The minimum absolute atomic E-state index is 0.0239. The van der Waals surface area contributed by atoms with Crippen LogP contribution >= 0.6 is 27.5 Å². The average Bonchev–Trinajstić information content (AvgIpc) is 2.71. The van der Waals surface area contributed by atoms with E-state index in [1.54, 1.807) is 0 Å². The van der Waals surface area contributed by atoms with E-state index < -0.39 is 0 Å². The molecule has 0 heterocycles. The molecule has 0 aliphatic carbocycles. The van der Waals surface area contributed by atoms with Crippen LogP contribution in [0.5, 0.6) is 5.75 Å². The zero-order chi connectivity index (χ0) is 22.2. The van der Waals surface area contributed by atoms with Gasteiger partial charge < -0.3 is 15.4 Å². The number of hydrogen-bond donors (Lipinski definition) is 2. The molecule has 1 amide bonds. The Morgan fingerprint density at radius 2 is 1.81 bits per heavy atom. The average molecular weight is 502 g/mol. The summed E-state index contributed by atoms with van der Waals surface area (Å²) in [7, 11) is 0. The molecular formula is C25H26BrClN2O2. The fourth-order valence-corrected chi connectivity index (χ4v) is 3.72. The van der Waals surface area contributed by atoms with E-state index in [2.05, 4.69) is 26.6 Å². The van der Waals surface area contributed by atoms with Crippen LogP contribution in [0.1, 0.15) is 31.4 Å². The molecule has 2 N–H and O–H groups in total. The molecule has 3 rings (SSSR count). The summed E-state index contributed by atoms with van der Waals surface area (Å²) >= 11 is 9.61. The molecular weight excluding hydrogens is 476 g/mol. The predicted octanol–water partition coefficient (Wildman–Crippen LogP) is 7.28. The van der Waals surface area contributed by atoms with Crippen LogP contribution in [0.3, 0.4) is 0 Å². The Morgan fingerprint density at radius 1 is 1.03 bits per heavy atom. The summed E-state index contributed by atoms with van der Waals surface area (Å²) in [5, 5.41) is 7.06. The van der Waals surface area contributed by atoms with Gasteiger partial charge in [0.2, 0.25) is 5.91 Å². The normalized spacial score (nSPS) is 10.7. The molecule has 4 nitrogen and oxygen atoms in total. The highest BCUT2D eigenvalue weighted by Gasteiger charge is 2.08. The standard InChI is InChI=1S/C25H26BrClN2O2/c1-17(2)11-25(30)29-23-8-4-7-22(14-23)28-15-19-13-20(26)9-10-24(19)31-16-18-5-3-6-21(27)12-18/h3-10,12-14,17,28H,11,15-16H2,1-2H3,(H,29,30). The van der Waals surface area contributed by atoms with E-state index in [4.69, 9.17) is 16.3 Å². The Hall–Kier alpha value is -2.50. The van der Waals surface area contributed by atoms with Crippen molar-refractivity contribution in [3.8, 4) is 5.75 Å². The van der Waals surface area contributed by atoms with E-state index in [0.29, 0.717) is 30.5 Å². The third-order valence-electron chi connectivity index (χ3n) is 4.53. The van der Waals surface area contributed by atoms with Gasteiger partial charge in [0.15, 0.2) is 0 Å². The van der Waals surface area contributed by atoms with Crippen LogP contribution in [0.2, 0.25) is 5.02 Å². The summed E-state index contributed by atoms with van der Waals surface area (Å²) in [6, 6.07) is 21.3. The molecule has 3 aromatic rings. The predicted molar refractivity (Wildman–Crippen MR) is 132 cm³/mol. The first-order valence-corrected chi connectivity index (χ1v) is 11.4. The fourth-order valence-electron chi connectivity index (χ4n) is 3.10. The number of rotatable bonds is 9. The van der Waals surface area contributed by atoms with Gasteiger partial charge in [0.1, 0.15) is 12.4 Å². The van der Waals surface area contributed by atoms with Crippen molar-refractivity contribution >= 4 is 44.8 Å². The van der Waals surface area contributed by atoms with Crippen molar-refractivity contribution in [2.45, 2.75) is 33.4 Å². The fraction of sp³-hybridized carbons (Fsp3) is 0.240. The van der Waals surface area contributed by atoms with Crippen molar-refractivity contribution in [2.24, 2.45) is 5.92 Å². The van der Waals surface area contributed by atoms with Gasteiger partial charge in [0, 0.05) is 39.4 Å². The maximum absolute atomic E-state index is 12.0. The van der Waals surface area contributed by atoms with E-state index in [1.807, 2.05) is 80.6 Å². The molecule has 6 heteroatoms. The lowest BCUT2D eigenvalue weighted by molar-refractivity contribution is -0.116. The number of benzene rings is 3. The lowest BCUT2D eigenvalue weighted by atomic mass is 10.1. The second-order valence-electron chi connectivity index (χ2n) is 7.75. The number of ether oxygens (including phenoxy) is 1. The summed E-state index contributed by atoms with van der Waals surface area (Å²) in [6.07, 6.45) is 0.503. The lowest BCUT2D eigenvalue weighted by Crippen LogP contribution is -2.14. The molecule has 0 unspecified atom stereocenters. The highest BCUT2D eigenvalue weighted by molar-refractivity contribution is 9.10. The number of hydrogen-bond acceptors (Lipinski definition) is 3. The topological polar surface area (TPSA) is 50.4 Å². The third kappa shape index (κ3) is 7.60. The maximum atomic E-state index is 12.0. The number of anilines is 2. The zero-order valence-electron chi connectivity index (χ0n) is 17.6. The van der Waals surface area contributed by atoms with Gasteiger partial charge in [-0.1, -0.05) is 59.6 Å². The van der Waals surface area contributed by atoms with Crippen LogP contribution in [0.25, 0.3) is 0 Å². The maximum Gasteiger partial charge on any atom is 0.224 e. The number of halogens is 2. The van der Waals surface area contributed by atoms with Gasteiger partial charge in [0.25, 0.3) is 0 Å². The van der Waals surface area contributed by atoms with Gasteiger partial charge in [-0.3, -0.25) is 4.79 Å². The van der Waals surface area contributed by atoms with Crippen LogP contribution in [0.4, 0.5) is 11.4 Å². The quantitative estimate of drug-likeness (QED) is 0.324. The molecule has 0 atom stereocenters. The second kappa shape index (κ2) is 11.2. The molecule has 0 saturated carbocycles. The SMILES string of the molecule is CC(C)CC(=O)Nc1cccc(NCc2cc(Br)ccc2OCc2cccc(Cl)c2)c1. The largest absolute Gasteiger partial charge is 0.489 e. The Labute approximate surface area is 197 Å². The molecule has 162 valence electrons. The highest BCUT2D eigenvalue weighted by Crippen LogP contribution is 2.26. The van der Waals surface area contributed by atoms with Crippen molar-refractivity contribution in [1.82, 2.24) is 0 Å². The molecule has 31 heavy (non-hydrogen) atoms. The molecule has 0 aromatic heterocycles. The molecule has 0 radical (unpaired) electrons. The minimum atomic E-state index is 0.0239. The number of amides is 1. The molecule has 0 fully saturated rings. The monoisotopic (exact) mass is 500 g/mol. The van der Waals surface area contributed by atoms with Crippen LogP contribution < -0.4 is 15.4 Å². The number of nitrogens with one attached hydrogen (secondary N) is 2. The van der Waals surface area contributed by atoms with Crippen LogP contribution in [-0.2, 0) is 17.9 Å². The van der Waals surface area contributed by atoms with Crippen molar-refractivity contribution in [3.63, 3.8) is 0 Å². The minimum Gasteiger partial charge on any atom is -0.489 e. The van der Waals surface area contributed by atoms with Gasteiger partial charge in [-0.25, -0.2) is 0 Å². The summed E-state index contributed by atoms with van der Waals surface area (Å²) in [5.74, 6) is 1.15. The molecule has 0 bridgehead atoms. The smallest absolute Gasteiger partial charge is 0.224 e. The number of carbonyl (C=O) groups excluding carboxylic acids is 1. The van der Waals surface area contributed by atoms with Crippen LogP contribution in [-0.4, -0.2) is 5.91 Å². The third-order valence-corrected chi connectivity index (χ3v) is 5.26. The first-order chi connectivity index (χ1) is 14.9. The van der Waals surface area contributed by atoms with E-state index in [0.717, 1.165) is 32.7 Å². The van der Waals surface area contributed by atoms with Crippen molar-refractivity contribution < 1.29 is 9.53 Å². The van der Waals surface area contributed by atoms with E-state index in [-0.39, 0.29) is 5.91 Å². The van der Waals surface area contributed by atoms with Gasteiger partial charge >= 0.3 is 0 Å². The summed E-state index contributed by atoms with van der Waals surface area (Å²) in [4.78, 5) is 12.0. The summed E-state index contributed by atoms with van der Waals surface area (Å²) < 4.78 is 7.04. The van der Waals surface area contributed by atoms with Gasteiger partial charge in [-0.15, -0.1) is 0 Å². The number of carbonyl (C=O) groups is 1. The van der Waals surface area contributed by atoms with Crippen molar-refractivity contribution in [3.05, 3.63) is 87.4 Å². The Balaban J connectivity index is 1.65.